The minimum absolute atomic E-state index is 0.127. The minimum atomic E-state index is -2.51. The number of hydrogen-bond donors (Lipinski definition) is 2. The van der Waals surface area contributed by atoms with Crippen LogP contribution in [-0.2, 0) is 10.1 Å². The van der Waals surface area contributed by atoms with E-state index < -0.39 is 6.49 Å². The normalized spacial score (nSPS) is 12.6. The van der Waals surface area contributed by atoms with Crippen molar-refractivity contribution in [2.24, 2.45) is 0 Å². The Bertz CT molecular complexity index is 144. The van der Waals surface area contributed by atoms with E-state index in [1.807, 2.05) is 20.8 Å². The van der Waals surface area contributed by atoms with E-state index in [4.69, 9.17) is 0 Å². The fraction of sp³-hybridized carbons (Fsp3) is 1.00. The molecule has 0 spiro atoms. The lowest BCUT2D eigenvalue weighted by molar-refractivity contribution is 0.480. The van der Waals surface area contributed by atoms with Crippen LogP contribution in [0.5, 0.6) is 0 Å². The monoisotopic (exact) mass is 184 g/mol. The SMILES string of the molecule is CCS(CC)=P(O)(O)CC. The fourth-order valence-corrected chi connectivity index (χ4v) is 5.98. The summed E-state index contributed by atoms with van der Waals surface area (Å²) in [5.41, 5.74) is 0. The molecule has 0 aromatic carbocycles. The third kappa shape index (κ3) is 2.75. The highest BCUT2D eigenvalue weighted by Crippen LogP contribution is 2.41. The summed E-state index contributed by atoms with van der Waals surface area (Å²) in [4.78, 5) is 18.9. The van der Waals surface area contributed by atoms with E-state index in [-0.39, 0.29) is 10.1 Å². The molecule has 0 aromatic rings. The highest BCUT2D eigenvalue weighted by molar-refractivity contribution is 8.29. The van der Waals surface area contributed by atoms with E-state index >= 15 is 0 Å². The Labute approximate surface area is 65.4 Å². The molecule has 0 bridgehead atoms. The fourth-order valence-electron chi connectivity index (χ4n) is 0.800. The van der Waals surface area contributed by atoms with Crippen LogP contribution in [0.25, 0.3) is 0 Å². The molecule has 0 saturated carbocycles. The third-order valence-corrected chi connectivity index (χ3v) is 9.28. The van der Waals surface area contributed by atoms with Crippen LogP contribution in [0.2, 0.25) is 0 Å². The maximum atomic E-state index is 9.46. The van der Waals surface area contributed by atoms with Crippen LogP contribution in [0.3, 0.4) is 0 Å². The average Bonchev–Trinajstić information content (AvgIpc) is 1.90. The second kappa shape index (κ2) is 4.55. The van der Waals surface area contributed by atoms with Gasteiger partial charge in [-0.2, -0.15) is 0 Å². The molecular formula is C6H17O2PS. The molecule has 64 valence electrons. The van der Waals surface area contributed by atoms with Crippen LogP contribution in [0.4, 0.5) is 0 Å². The first-order chi connectivity index (χ1) is 4.58. The molecule has 4 heteroatoms. The molecule has 0 aliphatic rings. The van der Waals surface area contributed by atoms with Crippen molar-refractivity contribution >= 4 is 16.6 Å². The standard InChI is InChI=1S/C6H17O2PS/c1-4-9(7,8)10(5-2)6-3/h7-8H,4-6H2,1-3H3. The molecular weight excluding hydrogens is 167 g/mol. The summed E-state index contributed by atoms with van der Waals surface area (Å²) in [6.07, 6.45) is 0.539. The van der Waals surface area contributed by atoms with Crippen molar-refractivity contribution in [1.82, 2.24) is 0 Å². The van der Waals surface area contributed by atoms with Crippen LogP contribution in [0, 0.1) is 0 Å². The predicted molar refractivity (Wildman–Crippen MR) is 50.3 cm³/mol. The highest BCUT2D eigenvalue weighted by Gasteiger charge is 2.09. The first-order valence-corrected chi connectivity index (χ1v) is 7.65. The van der Waals surface area contributed by atoms with Gasteiger partial charge < -0.3 is 9.79 Å². The Kier molecular flexibility index (Phi) is 4.87. The van der Waals surface area contributed by atoms with Crippen LogP contribution in [-0.4, -0.2) is 27.5 Å². The maximum Gasteiger partial charge on any atom is 0.143 e. The van der Waals surface area contributed by atoms with Gasteiger partial charge in [0.2, 0.25) is 0 Å². The first kappa shape index (κ1) is 10.7. The van der Waals surface area contributed by atoms with Crippen LogP contribution in [0.15, 0.2) is 0 Å². The van der Waals surface area contributed by atoms with Gasteiger partial charge in [-0.3, -0.25) is 0 Å². The van der Waals surface area contributed by atoms with Crippen LogP contribution in [0.1, 0.15) is 20.8 Å². The van der Waals surface area contributed by atoms with Gasteiger partial charge >= 0.3 is 0 Å². The molecule has 10 heavy (non-hydrogen) atoms. The highest BCUT2D eigenvalue weighted by atomic mass is 32.5. The molecule has 0 saturated heterocycles. The Morgan fingerprint density at radius 1 is 1.10 bits per heavy atom. The van der Waals surface area contributed by atoms with E-state index in [2.05, 4.69) is 0 Å². The van der Waals surface area contributed by atoms with Crippen molar-refractivity contribution in [2.75, 3.05) is 17.7 Å². The summed E-state index contributed by atoms with van der Waals surface area (Å²) in [6.45, 7) is 3.38. The van der Waals surface area contributed by atoms with Gasteiger partial charge in [-0.15, -0.1) is 10.1 Å². The van der Waals surface area contributed by atoms with Gasteiger partial charge in [-0.25, -0.2) is 0 Å². The lowest BCUT2D eigenvalue weighted by Gasteiger charge is -2.16. The lowest BCUT2D eigenvalue weighted by atomic mass is 11.0. The van der Waals surface area contributed by atoms with Gasteiger partial charge in [-0.1, -0.05) is 20.8 Å². The Balaban J connectivity index is 4.55. The largest absolute Gasteiger partial charge is 0.349 e. The van der Waals surface area contributed by atoms with E-state index in [1.54, 1.807) is 0 Å². The quantitative estimate of drug-likeness (QED) is 0.651. The molecule has 0 atom stereocenters. The van der Waals surface area contributed by atoms with Gasteiger partial charge in [-0.05, 0) is 11.5 Å². The van der Waals surface area contributed by atoms with E-state index in [1.165, 1.54) is 0 Å². The first-order valence-electron chi connectivity index (χ1n) is 3.60. The number of rotatable bonds is 3. The van der Waals surface area contributed by atoms with Crippen molar-refractivity contribution < 1.29 is 9.79 Å². The van der Waals surface area contributed by atoms with E-state index in [0.717, 1.165) is 11.5 Å². The molecule has 0 radical (unpaired) electrons. The summed E-state index contributed by atoms with van der Waals surface area (Å²) < 4.78 is 0. The van der Waals surface area contributed by atoms with E-state index in [0.29, 0.717) is 6.16 Å². The third-order valence-electron chi connectivity index (χ3n) is 1.49. The van der Waals surface area contributed by atoms with Gasteiger partial charge in [0.25, 0.3) is 0 Å². The van der Waals surface area contributed by atoms with Crippen molar-refractivity contribution in [1.29, 1.82) is 0 Å². The van der Waals surface area contributed by atoms with Gasteiger partial charge in [0.05, 0.1) is 0 Å². The lowest BCUT2D eigenvalue weighted by Crippen LogP contribution is -2.01. The second-order valence-electron chi connectivity index (χ2n) is 2.02. The zero-order chi connectivity index (χ0) is 8.20. The zero-order valence-corrected chi connectivity index (χ0v) is 8.58. The Hall–Kier alpha value is 0.700. The van der Waals surface area contributed by atoms with Crippen molar-refractivity contribution in [3.8, 4) is 0 Å². The molecule has 0 amide bonds. The summed E-state index contributed by atoms with van der Waals surface area (Å²) in [5.74, 6) is 1.82. The summed E-state index contributed by atoms with van der Waals surface area (Å²) >= 11 is 0. The molecule has 2 nitrogen and oxygen atoms in total. The number of hydrogen-bond acceptors (Lipinski definition) is 0. The molecule has 0 unspecified atom stereocenters. The van der Waals surface area contributed by atoms with Gasteiger partial charge in [0.15, 0.2) is 0 Å². The molecule has 0 aliphatic heterocycles. The molecule has 0 fully saturated rings. The zero-order valence-electron chi connectivity index (χ0n) is 6.87. The van der Waals surface area contributed by atoms with Crippen molar-refractivity contribution in [2.45, 2.75) is 20.8 Å². The smallest absolute Gasteiger partial charge is 0.143 e. The molecule has 0 heterocycles. The topological polar surface area (TPSA) is 40.5 Å². The molecule has 2 N–H and O–H groups in total. The van der Waals surface area contributed by atoms with Crippen LogP contribution >= 0.6 is 6.49 Å². The second-order valence-corrected chi connectivity index (χ2v) is 9.37. The molecule has 0 aromatic heterocycles. The molecule has 0 aliphatic carbocycles. The van der Waals surface area contributed by atoms with E-state index in [9.17, 15) is 9.79 Å². The summed E-state index contributed by atoms with van der Waals surface area (Å²) in [6, 6.07) is 0. The minimum Gasteiger partial charge on any atom is -0.349 e. The maximum absolute atomic E-state index is 9.46. The van der Waals surface area contributed by atoms with Crippen molar-refractivity contribution in [3.05, 3.63) is 0 Å². The van der Waals surface area contributed by atoms with Gasteiger partial charge in [0, 0.05) is 6.16 Å². The Morgan fingerprint density at radius 2 is 1.50 bits per heavy atom. The van der Waals surface area contributed by atoms with Gasteiger partial charge in [0.1, 0.15) is 6.49 Å². The summed E-state index contributed by atoms with van der Waals surface area (Å²) in [7, 11) is -0.127. The summed E-state index contributed by atoms with van der Waals surface area (Å²) in [5, 5.41) is 0. The predicted octanol–water partition coefficient (Wildman–Crippen LogP) is 1.41. The van der Waals surface area contributed by atoms with Crippen molar-refractivity contribution in [3.63, 3.8) is 0 Å². The Morgan fingerprint density at radius 3 is 1.60 bits per heavy atom. The average molecular weight is 184 g/mol. The molecule has 0 rings (SSSR count). The van der Waals surface area contributed by atoms with Crippen LogP contribution < -0.4 is 0 Å².